The molecule has 2 aromatic carbocycles. The second-order valence-electron chi connectivity index (χ2n) is 6.65. The van der Waals surface area contributed by atoms with Crippen LogP contribution in [0.15, 0.2) is 59.6 Å². The van der Waals surface area contributed by atoms with E-state index >= 15 is 0 Å². The Hall–Kier alpha value is -2.81. The summed E-state index contributed by atoms with van der Waals surface area (Å²) in [5, 5.41) is 2.04. The molecule has 1 unspecified atom stereocenters. The van der Waals surface area contributed by atoms with Crippen molar-refractivity contribution in [1.29, 1.82) is 0 Å². The molecule has 1 heterocycles. The first-order valence-corrected chi connectivity index (χ1v) is 10.1. The first-order chi connectivity index (χ1) is 14.3. The van der Waals surface area contributed by atoms with Crippen LogP contribution < -0.4 is 5.32 Å². The van der Waals surface area contributed by atoms with Crippen molar-refractivity contribution in [2.45, 2.75) is 24.3 Å². The molecule has 1 aliphatic rings. The molecular formula is C21H20F3N3O2S. The summed E-state index contributed by atoms with van der Waals surface area (Å²) in [6.45, 7) is 0.314. The number of benzene rings is 2. The second kappa shape index (κ2) is 9.34. The molecule has 1 fully saturated rings. The standard InChI is InChI=1S/C21H20F3N3O2S/c1-25-19(29)17-13-18(28)27(11-10-14-6-3-2-4-7-14)20(30-17)26-16-9-5-8-15(12-16)21(22,23)24/h2-9,12,17H,10-11,13H2,1H3,(H,25,29). The van der Waals surface area contributed by atoms with Gasteiger partial charge in [0.25, 0.3) is 0 Å². The molecular weight excluding hydrogens is 415 g/mol. The number of nitrogens with zero attached hydrogens (tertiary/aromatic N) is 2. The van der Waals surface area contributed by atoms with E-state index in [1.54, 1.807) is 0 Å². The smallest absolute Gasteiger partial charge is 0.358 e. The highest BCUT2D eigenvalue weighted by Crippen LogP contribution is 2.33. The van der Waals surface area contributed by atoms with Gasteiger partial charge in [-0.1, -0.05) is 48.2 Å². The van der Waals surface area contributed by atoms with Gasteiger partial charge in [-0.15, -0.1) is 0 Å². The molecule has 1 aliphatic heterocycles. The van der Waals surface area contributed by atoms with Gasteiger partial charge >= 0.3 is 6.18 Å². The number of carbonyl (C=O) groups excluding carboxylic acids is 2. The normalized spacial score (nSPS) is 18.5. The Balaban J connectivity index is 1.90. The van der Waals surface area contributed by atoms with Crippen LogP contribution in [0.3, 0.4) is 0 Å². The molecule has 5 nitrogen and oxygen atoms in total. The maximum atomic E-state index is 13.0. The van der Waals surface area contributed by atoms with E-state index in [4.69, 9.17) is 0 Å². The predicted octanol–water partition coefficient (Wildman–Crippen LogP) is 4.02. The molecule has 0 saturated carbocycles. The van der Waals surface area contributed by atoms with Gasteiger partial charge in [0.1, 0.15) is 0 Å². The van der Waals surface area contributed by atoms with E-state index in [2.05, 4.69) is 10.3 Å². The van der Waals surface area contributed by atoms with Crippen LogP contribution in [0.4, 0.5) is 18.9 Å². The van der Waals surface area contributed by atoms with Gasteiger partial charge in [-0.2, -0.15) is 13.2 Å². The molecule has 2 amide bonds. The molecule has 0 spiro atoms. The first kappa shape index (κ1) is 21.9. The number of aliphatic imine (C=N–C) groups is 1. The number of carbonyl (C=O) groups is 2. The van der Waals surface area contributed by atoms with Gasteiger partial charge in [0.05, 0.1) is 16.5 Å². The van der Waals surface area contributed by atoms with Gasteiger partial charge < -0.3 is 5.32 Å². The summed E-state index contributed by atoms with van der Waals surface area (Å²) in [7, 11) is 1.47. The van der Waals surface area contributed by atoms with Gasteiger partial charge in [-0.05, 0) is 30.2 Å². The maximum Gasteiger partial charge on any atom is 0.416 e. The van der Waals surface area contributed by atoms with Crippen molar-refractivity contribution in [3.8, 4) is 0 Å². The monoisotopic (exact) mass is 435 g/mol. The van der Waals surface area contributed by atoms with Crippen LogP contribution in [-0.4, -0.2) is 40.7 Å². The van der Waals surface area contributed by atoms with Crippen molar-refractivity contribution in [2.24, 2.45) is 4.99 Å². The number of halogens is 3. The van der Waals surface area contributed by atoms with Crippen LogP contribution in [0.1, 0.15) is 17.5 Å². The summed E-state index contributed by atoms with van der Waals surface area (Å²) < 4.78 is 39.1. The van der Waals surface area contributed by atoms with Crippen LogP contribution in [0.5, 0.6) is 0 Å². The number of hydrogen-bond donors (Lipinski definition) is 1. The van der Waals surface area contributed by atoms with Gasteiger partial charge in [0.2, 0.25) is 11.8 Å². The number of hydrogen-bond acceptors (Lipinski definition) is 4. The third kappa shape index (κ3) is 5.41. The van der Waals surface area contributed by atoms with E-state index in [0.29, 0.717) is 13.0 Å². The van der Waals surface area contributed by atoms with Crippen molar-refractivity contribution in [3.63, 3.8) is 0 Å². The van der Waals surface area contributed by atoms with Crippen LogP contribution in [-0.2, 0) is 22.2 Å². The zero-order valence-corrected chi connectivity index (χ0v) is 17.0. The quantitative estimate of drug-likeness (QED) is 0.772. The minimum Gasteiger partial charge on any atom is -0.358 e. The van der Waals surface area contributed by atoms with Gasteiger partial charge in [0, 0.05) is 20.0 Å². The zero-order valence-electron chi connectivity index (χ0n) is 16.1. The summed E-state index contributed by atoms with van der Waals surface area (Å²) in [6, 6.07) is 14.1. The number of amides is 2. The van der Waals surface area contributed by atoms with Gasteiger partial charge in [0.15, 0.2) is 5.17 Å². The topological polar surface area (TPSA) is 61.8 Å². The molecule has 0 radical (unpaired) electrons. The molecule has 0 aromatic heterocycles. The molecule has 158 valence electrons. The molecule has 3 rings (SSSR count). The Morgan fingerprint density at radius 1 is 1.20 bits per heavy atom. The van der Waals surface area contributed by atoms with Crippen molar-refractivity contribution in [1.82, 2.24) is 10.2 Å². The molecule has 30 heavy (non-hydrogen) atoms. The highest BCUT2D eigenvalue weighted by atomic mass is 32.2. The fourth-order valence-electron chi connectivity index (χ4n) is 2.97. The van der Waals surface area contributed by atoms with Crippen LogP contribution in [0, 0.1) is 0 Å². The number of thioether (sulfide) groups is 1. The van der Waals surface area contributed by atoms with E-state index in [-0.39, 0.29) is 29.1 Å². The van der Waals surface area contributed by atoms with E-state index in [0.717, 1.165) is 29.5 Å². The largest absolute Gasteiger partial charge is 0.416 e. The van der Waals surface area contributed by atoms with Crippen molar-refractivity contribution < 1.29 is 22.8 Å². The number of nitrogens with one attached hydrogen (secondary N) is 1. The average Bonchev–Trinajstić information content (AvgIpc) is 2.72. The molecule has 1 atom stereocenters. The Morgan fingerprint density at radius 2 is 1.93 bits per heavy atom. The van der Waals surface area contributed by atoms with Gasteiger partial charge in [-0.3, -0.25) is 14.5 Å². The van der Waals surface area contributed by atoms with Crippen LogP contribution >= 0.6 is 11.8 Å². The highest BCUT2D eigenvalue weighted by Gasteiger charge is 2.35. The number of rotatable bonds is 5. The number of amidine groups is 1. The third-order valence-corrected chi connectivity index (χ3v) is 5.73. The molecule has 9 heteroatoms. The van der Waals surface area contributed by atoms with E-state index in [1.807, 2.05) is 30.3 Å². The number of alkyl halides is 3. The Morgan fingerprint density at radius 3 is 2.60 bits per heavy atom. The second-order valence-corrected chi connectivity index (χ2v) is 7.82. The molecule has 1 saturated heterocycles. The molecule has 2 aromatic rings. The minimum atomic E-state index is -4.50. The maximum absolute atomic E-state index is 13.0. The summed E-state index contributed by atoms with van der Waals surface area (Å²) in [5.41, 5.74) is 0.264. The minimum absolute atomic E-state index is 0.000735. The Labute approximate surface area is 176 Å². The lowest BCUT2D eigenvalue weighted by atomic mass is 10.1. The predicted molar refractivity (Wildman–Crippen MR) is 110 cm³/mol. The zero-order chi connectivity index (χ0) is 21.7. The fraction of sp³-hybridized carbons (Fsp3) is 0.286. The first-order valence-electron chi connectivity index (χ1n) is 9.26. The fourth-order valence-corrected chi connectivity index (χ4v) is 4.15. The third-order valence-electron chi connectivity index (χ3n) is 4.54. The molecule has 0 aliphatic carbocycles. The summed E-state index contributed by atoms with van der Waals surface area (Å²) in [5.74, 6) is -0.614. The lowest BCUT2D eigenvalue weighted by Gasteiger charge is -2.31. The summed E-state index contributed by atoms with van der Waals surface area (Å²) in [4.78, 5) is 30.6. The van der Waals surface area contributed by atoms with Crippen LogP contribution in [0.25, 0.3) is 0 Å². The lowest BCUT2D eigenvalue weighted by Crippen LogP contribution is -2.46. The Bertz CT molecular complexity index is 948. The van der Waals surface area contributed by atoms with E-state index in [1.165, 1.54) is 24.1 Å². The molecule has 0 bridgehead atoms. The SMILES string of the molecule is CNC(=O)C1CC(=O)N(CCc2ccccc2)C(=Nc2cccc(C(F)(F)F)c2)S1. The highest BCUT2D eigenvalue weighted by molar-refractivity contribution is 8.15. The molecule has 1 N–H and O–H groups in total. The van der Waals surface area contributed by atoms with Crippen LogP contribution in [0.2, 0.25) is 0 Å². The van der Waals surface area contributed by atoms with Crippen molar-refractivity contribution in [3.05, 3.63) is 65.7 Å². The van der Waals surface area contributed by atoms with E-state index in [9.17, 15) is 22.8 Å². The van der Waals surface area contributed by atoms with Crippen molar-refractivity contribution >= 4 is 34.4 Å². The summed E-state index contributed by atoms with van der Waals surface area (Å²) in [6.07, 6.45) is -3.94. The van der Waals surface area contributed by atoms with Gasteiger partial charge in [-0.25, -0.2) is 4.99 Å². The van der Waals surface area contributed by atoms with E-state index < -0.39 is 17.0 Å². The summed E-state index contributed by atoms with van der Waals surface area (Å²) >= 11 is 1.08. The average molecular weight is 435 g/mol. The Kier molecular flexibility index (Phi) is 6.81. The lowest BCUT2D eigenvalue weighted by molar-refractivity contribution is -0.137. The van der Waals surface area contributed by atoms with Crippen molar-refractivity contribution in [2.75, 3.05) is 13.6 Å².